The summed E-state index contributed by atoms with van der Waals surface area (Å²) in [6.07, 6.45) is 8.60. The maximum atomic E-state index is 5.88. The SMILES string of the molecule is NCC1CCC(n2cc3cnc(Cl)cc3n2)CC1. The van der Waals surface area contributed by atoms with Crippen molar-refractivity contribution in [3.8, 4) is 0 Å². The Labute approximate surface area is 111 Å². The molecule has 1 saturated carbocycles. The van der Waals surface area contributed by atoms with Gasteiger partial charge in [-0.05, 0) is 38.1 Å². The minimum Gasteiger partial charge on any atom is -0.330 e. The van der Waals surface area contributed by atoms with Crippen molar-refractivity contribution >= 4 is 22.5 Å². The second-order valence-corrected chi connectivity index (χ2v) is 5.47. The van der Waals surface area contributed by atoms with E-state index >= 15 is 0 Å². The number of rotatable bonds is 2. The van der Waals surface area contributed by atoms with Crippen molar-refractivity contribution in [2.75, 3.05) is 6.54 Å². The van der Waals surface area contributed by atoms with E-state index in [1.54, 1.807) is 6.20 Å². The minimum absolute atomic E-state index is 0.499. The summed E-state index contributed by atoms with van der Waals surface area (Å²) in [5.41, 5.74) is 6.65. The molecule has 2 heterocycles. The second-order valence-electron chi connectivity index (χ2n) is 5.09. The van der Waals surface area contributed by atoms with Crippen molar-refractivity contribution in [2.45, 2.75) is 31.7 Å². The van der Waals surface area contributed by atoms with Crippen LogP contribution in [0.15, 0.2) is 18.5 Å². The zero-order valence-corrected chi connectivity index (χ0v) is 11.0. The highest BCUT2D eigenvalue weighted by Crippen LogP contribution is 2.32. The van der Waals surface area contributed by atoms with Gasteiger partial charge in [-0.3, -0.25) is 4.68 Å². The lowest BCUT2D eigenvalue weighted by atomic mass is 9.86. The summed E-state index contributed by atoms with van der Waals surface area (Å²) in [5.74, 6) is 0.697. The van der Waals surface area contributed by atoms with Gasteiger partial charge in [0.15, 0.2) is 0 Å². The number of halogens is 1. The van der Waals surface area contributed by atoms with Gasteiger partial charge in [0, 0.05) is 23.8 Å². The molecule has 2 aromatic heterocycles. The molecule has 2 aromatic rings. The Kier molecular flexibility index (Phi) is 3.22. The van der Waals surface area contributed by atoms with E-state index in [-0.39, 0.29) is 0 Å². The minimum atomic E-state index is 0.499. The highest BCUT2D eigenvalue weighted by Gasteiger charge is 2.22. The molecule has 0 aromatic carbocycles. The summed E-state index contributed by atoms with van der Waals surface area (Å²) in [7, 11) is 0. The van der Waals surface area contributed by atoms with Crippen molar-refractivity contribution in [2.24, 2.45) is 11.7 Å². The van der Waals surface area contributed by atoms with E-state index in [1.165, 1.54) is 12.8 Å². The van der Waals surface area contributed by atoms with Gasteiger partial charge in [0.1, 0.15) is 5.15 Å². The molecule has 0 amide bonds. The molecule has 18 heavy (non-hydrogen) atoms. The fourth-order valence-electron chi connectivity index (χ4n) is 2.74. The first-order valence-corrected chi connectivity index (χ1v) is 6.84. The van der Waals surface area contributed by atoms with Gasteiger partial charge in [0.2, 0.25) is 0 Å². The lowest BCUT2D eigenvalue weighted by molar-refractivity contribution is 0.266. The number of hydrogen-bond donors (Lipinski definition) is 1. The fourth-order valence-corrected chi connectivity index (χ4v) is 2.90. The van der Waals surface area contributed by atoms with Crippen molar-refractivity contribution in [3.05, 3.63) is 23.6 Å². The summed E-state index contributed by atoms with van der Waals surface area (Å²) < 4.78 is 2.08. The van der Waals surface area contributed by atoms with Gasteiger partial charge in [0.05, 0.1) is 11.6 Å². The van der Waals surface area contributed by atoms with Crippen LogP contribution >= 0.6 is 11.6 Å². The molecule has 3 rings (SSSR count). The number of nitrogens with zero attached hydrogens (tertiary/aromatic N) is 3. The van der Waals surface area contributed by atoms with E-state index in [4.69, 9.17) is 17.3 Å². The van der Waals surface area contributed by atoms with Crippen LogP contribution in [0.5, 0.6) is 0 Å². The van der Waals surface area contributed by atoms with Crippen LogP contribution in [0.25, 0.3) is 10.9 Å². The molecule has 5 heteroatoms. The van der Waals surface area contributed by atoms with Crippen LogP contribution in [-0.2, 0) is 0 Å². The summed E-state index contributed by atoms with van der Waals surface area (Å²) >= 11 is 5.88. The van der Waals surface area contributed by atoms with Crippen molar-refractivity contribution in [1.29, 1.82) is 0 Å². The molecule has 2 N–H and O–H groups in total. The Bertz CT molecular complexity index is 543. The number of aromatic nitrogens is 3. The average Bonchev–Trinajstić information content (AvgIpc) is 2.81. The number of hydrogen-bond acceptors (Lipinski definition) is 3. The smallest absolute Gasteiger partial charge is 0.131 e. The van der Waals surface area contributed by atoms with Crippen LogP contribution in [0.3, 0.4) is 0 Å². The van der Waals surface area contributed by atoms with E-state index in [0.29, 0.717) is 17.1 Å². The molecule has 0 saturated heterocycles. The molecule has 1 fully saturated rings. The molecule has 96 valence electrons. The lowest BCUT2D eigenvalue weighted by Crippen LogP contribution is -2.23. The highest BCUT2D eigenvalue weighted by molar-refractivity contribution is 6.29. The first-order valence-electron chi connectivity index (χ1n) is 6.46. The molecule has 4 nitrogen and oxygen atoms in total. The topological polar surface area (TPSA) is 56.7 Å². The van der Waals surface area contributed by atoms with Crippen LogP contribution in [-0.4, -0.2) is 21.3 Å². The Hall–Kier alpha value is -1.13. The summed E-state index contributed by atoms with van der Waals surface area (Å²) in [5, 5.41) is 6.16. The van der Waals surface area contributed by atoms with Gasteiger partial charge < -0.3 is 5.73 Å². The van der Waals surface area contributed by atoms with Crippen molar-refractivity contribution < 1.29 is 0 Å². The highest BCUT2D eigenvalue weighted by atomic mass is 35.5. The van der Waals surface area contributed by atoms with E-state index in [0.717, 1.165) is 30.3 Å². The molecule has 1 aliphatic rings. The third-order valence-electron chi connectivity index (χ3n) is 3.90. The van der Waals surface area contributed by atoms with Crippen LogP contribution in [0, 0.1) is 5.92 Å². The molecule has 0 unspecified atom stereocenters. The lowest BCUT2D eigenvalue weighted by Gasteiger charge is -2.27. The number of fused-ring (bicyclic) bond motifs is 1. The summed E-state index contributed by atoms with van der Waals surface area (Å²) in [6.45, 7) is 0.813. The summed E-state index contributed by atoms with van der Waals surface area (Å²) in [6, 6.07) is 2.32. The molecule has 1 aliphatic carbocycles. The van der Waals surface area contributed by atoms with Crippen molar-refractivity contribution in [3.63, 3.8) is 0 Å². The second kappa shape index (κ2) is 4.86. The van der Waals surface area contributed by atoms with E-state index in [9.17, 15) is 0 Å². The molecule has 0 radical (unpaired) electrons. The Balaban J connectivity index is 1.82. The van der Waals surface area contributed by atoms with Crippen LogP contribution < -0.4 is 5.73 Å². The third kappa shape index (κ3) is 2.22. The van der Waals surface area contributed by atoms with Gasteiger partial charge in [0.25, 0.3) is 0 Å². The van der Waals surface area contributed by atoms with Gasteiger partial charge in [-0.15, -0.1) is 0 Å². The molecule has 0 spiro atoms. The fraction of sp³-hybridized carbons (Fsp3) is 0.538. The van der Waals surface area contributed by atoms with Crippen LogP contribution in [0.1, 0.15) is 31.7 Å². The Morgan fingerprint density at radius 2 is 2.11 bits per heavy atom. The largest absolute Gasteiger partial charge is 0.330 e. The molecule has 0 aliphatic heterocycles. The zero-order valence-electron chi connectivity index (χ0n) is 10.2. The Morgan fingerprint density at radius 3 is 2.83 bits per heavy atom. The van der Waals surface area contributed by atoms with E-state index in [2.05, 4.69) is 21.0 Å². The average molecular weight is 265 g/mol. The predicted octanol–water partition coefficient (Wildman–Crippen LogP) is 2.77. The van der Waals surface area contributed by atoms with Gasteiger partial charge in [-0.2, -0.15) is 5.10 Å². The third-order valence-corrected chi connectivity index (χ3v) is 4.10. The molecular weight excluding hydrogens is 248 g/mol. The summed E-state index contributed by atoms with van der Waals surface area (Å²) in [4.78, 5) is 4.09. The zero-order chi connectivity index (χ0) is 12.5. The maximum Gasteiger partial charge on any atom is 0.131 e. The van der Waals surface area contributed by atoms with E-state index in [1.807, 2.05) is 6.07 Å². The predicted molar refractivity (Wildman–Crippen MR) is 72.6 cm³/mol. The Morgan fingerprint density at radius 1 is 1.33 bits per heavy atom. The quantitative estimate of drug-likeness (QED) is 0.849. The molecule has 0 bridgehead atoms. The first-order chi connectivity index (χ1) is 8.76. The van der Waals surface area contributed by atoms with Crippen molar-refractivity contribution in [1.82, 2.24) is 14.8 Å². The van der Waals surface area contributed by atoms with Crippen LogP contribution in [0.4, 0.5) is 0 Å². The van der Waals surface area contributed by atoms with Gasteiger partial charge >= 0.3 is 0 Å². The van der Waals surface area contributed by atoms with Gasteiger partial charge in [-0.25, -0.2) is 4.98 Å². The maximum absolute atomic E-state index is 5.88. The standard InChI is InChI=1S/C13H17ClN4/c14-13-5-12-10(7-16-13)8-18(17-12)11-3-1-9(6-15)2-4-11/h5,7-9,11H,1-4,6,15H2. The normalized spacial score (nSPS) is 24.6. The monoisotopic (exact) mass is 264 g/mol. The molecule has 0 atom stereocenters. The van der Waals surface area contributed by atoms with E-state index < -0.39 is 0 Å². The van der Waals surface area contributed by atoms with Crippen LogP contribution in [0.2, 0.25) is 5.15 Å². The number of pyridine rings is 1. The van der Waals surface area contributed by atoms with Gasteiger partial charge in [-0.1, -0.05) is 11.6 Å². The first kappa shape index (κ1) is 11.9. The molecular formula is C13H17ClN4. The number of nitrogens with two attached hydrogens (primary N) is 1.